The number of rotatable bonds is 5. The summed E-state index contributed by atoms with van der Waals surface area (Å²) in [7, 11) is 0. The average molecular weight is 298 g/mol. The molecule has 1 fully saturated rings. The lowest BCUT2D eigenvalue weighted by Crippen LogP contribution is -2.36. The van der Waals surface area contributed by atoms with Crippen LogP contribution in [-0.4, -0.2) is 23.1 Å². The van der Waals surface area contributed by atoms with Crippen LogP contribution in [-0.2, 0) is 0 Å². The highest BCUT2D eigenvalue weighted by Crippen LogP contribution is 2.30. The maximum atomic E-state index is 5.65. The Bertz CT molecular complexity index is 629. The van der Waals surface area contributed by atoms with Crippen LogP contribution in [0, 0.1) is 5.92 Å². The minimum Gasteiger partial charge on any atom is -0.349 e. The van der Waals surface area contributed by atoms with Crippen molar-refractivity contribution in [3.05, 3.63) is 42.5 Å². The molecule has 2 nitrogen and oxygen atoms in total. The molecule has 0 unspecified atom stereocenters. The molecule has 2 aromatic carbocycles. The van der Waals surface area contributed by atoms with Gasteiger partial charge in [0.05, 0.1) is 0 Å². The molecule has 0 aromatic heterocycles. The molecule has 0 bridgehead atoms. The van der Waals surface area contributed by atoms with Gasteiger partial charge in [-0.25, -0.2) is 0 Å². The van der Waals surface area contributed by atoms with E-state index >= 15 is 0 Å². The van der Waals surface area contributed by atoms with Crippen molar-refractivity contribution in [2.75, 3.05) is 18.4 Å². The first-order valence-corrected chi connectivity index (χ1v) is 8.22. The molecule has 1 aliphatic rings. The van der Waals surface area contributed by atoms with Crippen LogP contribution in [0.4, 0.5) is 5.69 Å². The van der Waals surface area contributed by atoms with E-state index in [4.69, 9.17) is 12.2 Å². The Hall–Kier alpha value is -1.61. The Labute approximate surface area is 132 Å². The van der Waals surface area contributed by atoms with Crippen LogP contribution in [0.25, 0.3) is 10.8 Å². The first-order valence-electron chi connectivity index (χ1n) is 7.81. The van der Waals surface area contributed by atoms with E-state index in [9.17, 15) is 0 Å². The van der Waals surface area contributed by atoms with Gasteiger partial charge in [0.25, 0.3) is 0 Å². The monoisotopic (exact) mass is 298 g/mol. The van der Waals surface area contributed by atoms with Crippen LogP contribution in [0.15, 0.2) is 42.5 Å². The Kier molecular flexibility index (Phi) is 4.39. The van der Waals surface area contributed by atoms with Crippen LogP contribution >= 0.6 is 12.2 Å². The highest BCUT2D eigenvalue weighted by Gasteiger charge is 2.25. The zero-order valence-electron chi connectivity index (χ0n) is 12.5. The number of hydrogen-bond acceptors (Lipinski definition) is 1. The van der Waals surface area contributed by atoms with E-state index in [0.29, 0.717) is 0 Å². The van der Waals surface area contributed by atoms with Crippen LogP contribution in [0.1, 0.15) is 26.2 Å². The lowest BCUT2D eigenvalue weighted by molar-refractivity contribution is 0.404. The maximum Gasteiger partial charge on any atom is 0.173 e. The summed E-state index contributed by atoms with van der Waals surface area (Å²) < 4.78 is 0. The van der Waals surface area contributed by atoms with Crippen molar-refractivity contribution in [2.24, 2.45) is 5.92 Å². The predicted octanol–water partition coefficient (Wildman–Crippen LogP) is 4.66. The predicted molar refractivity (Wildman–Crippen MR) is 94.8 cm³/mol. The molecule has 3 rings (SSSR count). The Morgan fingerprint density at radius 2 is 1.95 bits per heavy atom. The van der Waals surface area contributed by atoms with Crippen LogP contribution in [0.5, 0.6) is 0 Å². The zero-order chi connectivity index (χ0) is 14.7. The SMILES string of the molecule is CCCN(CC1CC1)C(=S)Nc1cccc2ccccc12. The van der Waals surface area contributed by atoms with Gasteiger partial charge < -0.3 is 10.2 Å². The Morgan fingerprint density at radius 1 is 1.19 bits per heavy atom. The molecular weight excluding hydrogens is 276 g/mol. The quantitative estimate of drug-likeness (QED) is 0.808. The number of anilines is 1. The van der Waals surface area contributed by atoms with E-state index in [1.165, 1.54) is 23.6 Å². The summed E-state index contributed by atoms with van der Waals surface area (Å²) in [5.74, 6) is 0.851. The highest BCUT2D eigenvalue weighted by atomic mass is 32.1. The molecule has 1 N–H and O–H groups in total. The summed E-state index contributed by atoms with van der Waals surface area (Å²) in [6.45, 7) is 4.35. The van der Waals surface area contributed by atoms with Gasteiger partial charge in [0.15, 0.2) is 5.11 Å². The molecule has 0 spiro atoms. The van der Waals surface area contributed by atoms with Crippen LogP contribution in [0.3, 0.4) is 0 Å². The number of nitrogens with one attached hydrogen (secondary N) is 1. The first-order chi connectivity index (χ1) is 10.3. The molecule has 0 heterocycles. The van der Waals surface area contributed by atoms with Crippen LogP contribution < -0.4 is 5.32 Å². The summed E-state index contributed by atoms with van der Waals surface area (Å²) in [4.78, 5) is 2.33. The second-order valence-electron chi connectivity index (χ2n) is 5.85. The molecule has 21 heavy (non-hydrogen) atoms. The highest BCUT2D eigenvalue weighted by molar-refractivity contribution is 7.80. The molecular formula is C18H22N2S. The third kappa shape index (κ3) is 3.53. The third-order valence-electron chi connectivity index (χ3n) is 3.99. The van der Waals surface area contributed by atoms with Crippen molar-refractivity contribution in [1.29, 1.82) is 0 Å². The van der Waals surface area contributed by atoms with Gasteiger partial charge in [-0.3, -0.25) is 0 Å². The van der Waals surface area contributed by atoms with Crippen molar-refractivity contribution >= 4 is 33.8 Å². The van der Waals surface area contributed by atoms with Crippen molar-refractivity contribution in [3.63, 3.8) is 0 Å². The van der Waals surface area contributed by atoms with Crippen molar-refractivity contribution in [2.45, 2.75) is 26.2 Å². The number of nitrogens with zero attached hydrogens (tertiary/aromatic N) is 1. The van der Waals surface area contributed by atoms with Gasteiger partial charge in [-0.2, -0.15) is 0 Å². The standard InChI is InChI=1S/C18H22N2S/c1-2-12-20(13-14-10-11-14)18(21)19-17-9-5-7-15-6-3-4-8-16(15)17/h3-9,14H,2,10-13H2,1H3,(H,19,21). The van der Waals surface area contributed by atoms with Gasteiger partial charge in [-0.15, -0.1) is 0 Å². The van der Waals surface area contributed by atoms with E-state index in [2.05, 4.69) is 59.6 Å². The largest absolute Gasteiger partial charge is 0.349 e. The molecule has 3 heteroatoms. The van der Waals surface area contributed by atoms with Crippen molar-refractivity contribution < 1.29 is 0 Å². The Balaban J connectivity index is 1.77. The average Bonchev–Trinajstić information content (AvgIpc) is 3.31. The lowest BCUT2D eigenvalue weighted by atomic mass is 10.1. The lowest BCUT2D eigenvalue weighted by Gasteiger charge is -2.26. The van der Waals surface area contributed by atoms with Gasteiger partial charge in [-0.1, -0.05) is 43.3 Å². The minimum absolute atomic E-state index is 0.851. The van der Waals surface area contributed by atoms with E-state index in [-0.39, 0.29) is 0 Å². The van der Waals surface area contributed by atoms with Gasteiger partial charge in [0.2, 0.25) is 0 Å². The normalized spacial score (nSPS) is 14.1. The van der Waals surface area contributed by atoms with Gasteiger partial charge in [-0.05, 0) is 48.9 Å². The van der Waals surface area contributed by atoms with E-state index in [0.717, 1.165) is 36.2 Å². The molecule has 0 aliphatic heterocycles. The summed E-state index contributed by atoms with van der Waals surface area (Å²) in [6.07, 6.45) is 3.85. The van der Waals surface area contributed by atoms with Crippen LogP contribution in [0.2, 0.25) is 0 Å². The molecule has 2 aromatic rings. The van der Waals surface area contributed by atoms with E-state index in [1.54, 1.807) is 0 Å². The molecule has 0 radical (unpaired) electrons. The molecule has 0 amide bonds. The van der Waals surface area contributed by atoms with Gasteiger partial charge in [0.1, 0.15) is 0 Å². The zero-order valence-corrected chi connectivity index (χ0v) is 13.3. The molecule has 1 aliphatic carbocycles. The maximum absolute atomic E-state index is 5.65. The summed E-state index contributed by atoms with van der Waals surface area (Å²) in [5.41, 5.74) is 1.11. The fourth-order valence-corrected chi connectivity index (χ4v) is 2.96. The fourth-order valence-electron chi connectivity index (χ4n) is 2.69. The number of hydrogen-bond donors (Lipinski definition) is 1. The molecule has 0 atom stereocenters. The summed E-state index contributed by atoms with van der Waals surface area (Å²) in [5, 5.41) is 6.79. The van der Waals surface area contributed by atoms with Crippen molar-refractivity contribution in [1.82, 2.24) is 4.90 Å². The molecule has 1 saturated carbocycles. The van der Waals surface area contributed by atoms with Gasteiger partial charge in [0, 0.05) is 24.2 Å². The Morgan fingerprint density at radius 3 is 2.71 bits per heavy atom. The second-order valence-corrected chi connectivity index (χ2v) is 6.23. The summed E-state index contributed by atoms with van der Waals surface area (Å²) in [6, 6.07) is 14.8. The number of benzene rings is 2. The minimum atomic E-state index is 0.851. The van der Waals surface area contributed by atoms with E-state index in [1.807, 2.05) is 0 Å². The number of thiocarbonyl (C=S) groups is 1. The first kappa shape index (κ1) is 14.3. The van der Waals surface area contributed by atoms with Gasteiger partial charge >= 0.3 is 0 Å². The van der Waals surface area contributed by atoms with E-state index < -0.39 is 0 Å². The smallest absolute Gasteiger partial charge is 0.173 e. The molecule has 110 valence electrons. The number of fused-ring (bicyclic) bond motifs is 1. The van der Waals surface area contributed by atoms with Crippen molar-refractivity contribution in [3.8, 4) is 0 Å². The second kappa shape index (κ2) is 6.44. The fraction of sp³-hybridized carbons (Fsp3) is 0.389. The molecule has 0 saturated heterocycles. The topological polar surface area (TPSA) is 15.3 Å². The summed E-state index contributed by atoms with van der Waals surface area (Å²) >= 11 is 5.65. The third-order valence-corrected chi connectivity index (χ3v) is 4.35.